The molecule has 0 aromatic heterocycles. The Kier molecular flexibility index (Phi) is 5.83. The molecule has 0 spiro atoms. The fourth-order valence-corrected chi connectivity index (χ4v) is 4.69. The third kappa shape index (κ3) is 4.01. The van der Waals surface area contributed by atoms with E-state index in [1.807, 2.05) is 0 Å². The van der Waals surface area contributed by atoms with Crippen LogP contribution in [0.1, 0.15) is 46.1 Å². The number of anilines is 2. The lowest BCUT2D eigenvalue weighted by Crippen LogP contribution is -2.48. The van der Waals surface area contributed by atoms with Gasteiger partial charge in [0, 0.05) is 49.0 Å². The van der Waals surface area contributed by atoms with E-state index in [2.05, 4.69) is 66.3 Å². The Bertz CT molecular complexity index is 786. The normalized spacial score (nSPS) is 23.7. The fourth-order valence-electron chi connectivity index (χ4n) is 4.69. The van der Waals surface area contributed by atoms with Gasteiger partial charge in [-0.25, -0.2) is 0 Å². The van der Waals surface area contributed by atoms with Crippen LogP contribution in [-0.4, -0.2) is 61.8 Å². The molecule has 6 nitrogen and oxygen atoms in total. The van der Waals surface area contributed by atoms with Crippen LogP contribution < -0.4 is 15.5 Å². The lowest BCUT2D eigenvalue weighted by atomic mass is 10.0. The third-order valence-electron chi connectivity index (χ3n) is 6.14. The lowest BCUT2D eigenvalue weighted by molar-refractivity contribution is -0.113. The van der Waals surface area contributed by atoms with E-state index in [1.54, 1.807) is 0 Å². The van der Waals surface area contributed by atoms with E-state index in [0.717, 1.165) is 60.7 Å². The molecular weight excluding hydrogens is 364 g/mol. The molecule has 3 aliphatic heterocycles. The predicted octanol–water partition coefficient (Wildman–Crippen LogP) is 3.06. The second-order valence-electron chi connectivity index (χ2n) is 8.90. The van der Waals surface area contributed by atoms with Crippen molar-refractivity contribution >= 4 is 22.9 Å². The van der Waals surface area contributed by atoms with Crippen molar-refractivity contribution < 1.29 is 9.53 Å². The molecule has 0 atom stereocenters. The Morgan fingerprint density at radius 2 is 1.93 bits per heavy atom. The zero-order valence-corrected chi connectivity index (χ0v) is 18.1. The van der Waals surface area contributed by atoms with E-state index < -0.39 is 0 Å². The number of nitrogens with one attached hydrogen (secondary N) is 2. The molecule has 6 heteroatoms. The van der Waals surface area contributed by atoms with Gasteiger partial charge in [0.15, 0.2) is 0 Å². The highest BCUT2D eigenvalue weighted by molar-refractivity contribution is 6.33. The molecule has 3 aliphatic rings. The molecule has 3 heterocycles. The van der Waals surface area contributed by atoms with Gasteiger partial charge in [-0.05, 0) is 58.7 Å². The van der Waals surface area contributed by atoms with Gasteiger partial charge in [-0.1, -0.05) is 0 Å². The number of likely N-dealkylation sites (tertiary alicyclic amines) is 1. The first kappa shape index (κ1) is 20.2. The number of nitrogens with zero attached hydrogens (tertiary/aromatic N) is 2. The van der Waals surface area contributed by atoms with E-state index in [1.165, 1.54) is 0 Å². The monoisotopic (exact) mass is 398 g/mol. The molecule has 0 aliphatic carbocycles. The van der Waals surface area contributed by atoms with Gasteiger partial charge in [-0.2, -0.15) is 0 Å². The molecular formula is C23H34N4O2. The topological polar surface area (TPSA) is 56.8 Å². The van der Waals surface area contributed by atoms with Gasteiger partial charge in [-0.15, -0.1) is 0 Å². The quantitative estimate of drug-likeness (QED) is 0.764. The van der Waals surface area contributed by atoms with Crippen LogP contribution in [0.2, 0.25) is 0 Å². The van der Waals surface area contributed by atoms with Gasteiger partial charge in [0.1, 0.15) is 0 Å². The Morgan fingerprint density at radius 1 is 1.17 bits per heavy atom. The first-order valence-corrected chi connectivity index (χ1v) is 11.0. The van der Waals surface area contributed by atoms with Gasteiger partial charge < -0.3 is 25.2 Å². The van der Waals surface area contributed by atoms with Gasteiger partial charge in [-0.3, -0.25) is 4.79 Å². The average Bonchev–Trinajstić information content (AvgIpc) is 2.99. The molecule has 158 valence electrons. The highest BCUT2D eigenvalue weighted by Crippen LogP contribution is 2.42. The van der Waals surface area contributed by atoms with Crippen LogP contribution in [-0.2, 0) is 9.53 Å². The standard InChI is InChI=1S/C23H34N4O2/c1-15(2)25-17-5-6-21-19(13-17)22(20-14-29-12-9-24-20)23(28)27(21)18-7-10-26(11-8-18)16(3)4/h5-6,13,15-16,18,24-25H,7-12,14H2,1-4H3/b22-20-. The van der Waals surface area contributed by atoms with Crippen LogP contribution in [0.15, 0.2) is 23.9 Å². The Hall–Kier alpha value is -2.05. The summed E-state index contributed by atoms with van der Waals surface area (Å²) in [5, 5.41) is 6.89. The summed E-state index contributed by atoms with van der Waals surface area (Å²) in [4.78, 5) is 18.2. The zero-order valence-electron chi connectivity index (χ0n) is 18.1. The average molecular weight is 399 g/mol. The van der Waals surface area contributed by atoms with Crippen LogP contribution in [0.3, 0.4) is 0 Å². The van der Waals surface area contributed by atoms with Gasteiger partial charge >= 0.3 is 0 Å². The van der Waals surface area contributed by atoms with Crippen LogP contribution in [0.5, 0.6) is 0 Å². The third-order valence-corrected chi connectivity index (χ3v) is 6.14. The first-order valence-electron chi connectivity index (χ1n) is 11.0. The molecule has 0 unspecified atom stereocenters. The minimum absolute atomic E-state index is 0.123. The molecule has 1 aromatic rings. The van der Waals surface area contributed by atoms with Crippen molar-refractivity contribution in [2.45, 2.75) is 58.7 Å². The summed E-state index contributed by atoms with van der Waals surface area (Å²) in [6.07, 6.45) is 2.03. The number of carbonyl (C=O) groups excluding carboxylic acids is 1. The van der Waals surface area contributed by atoms with Gasteiger partial charge in [0.25, 0.3) is 5.91 Å². The molecule has 29 heavy (non-hydrogen) atoms. The van der Waals surface area contributed by atoms with E-state index in [4.69, 9.17) is 4.74 Å². The van der Waals surface area contributed by atoms with Crippen molar-refractivity contribution in [3.8, 4) is 0 Å². The number of benzene rings is 1. The second-order valence-corrected chi connectivity index (χ2v) is 8.90. The molecule has 0 saturated carbocycles. The predicted molar refractivity (Wildman–Crippen MR) is 118 cm³/mol. The van der Waals surface area contributed by atoms with Crippen molar-refractivity contribution in [2.24, 2.45) is 0 Å². The Balaban J connectivity index is 1.69. The number of amides is 1. The Labute approximate surface area is 174 Å². The van der Waals surface area contributed by atoms with Crippen molar-refractivity contribution in [3.63, 3.8) is 0 Å². The molecule has 1 amide bonds. The van der Waals surface area contributed by atoms with E-state index in [-0.39, 0.29) is 11.9 Å². The summed E-state index contributed by atoms with van der Waals surface area (Å²) in [6, 6.07) is 7.50. The second kappa shape index (κ2) is 8.36. The van der Waals surface area contributed by atoms with Crippen molar-refractivity contribution in [3.05, 3.63) is 29.5 Å². The SMILES string of the molecule is CC(C)Nc1ccc2c(c1)/C(=C1\COCCN1)C(=O)N2C1CCN(C(C)C)CC1. The minimum Gasteiger partial charge on any atom is -0.383 e. The zero-order chi connectivity index (χ0) is 20.5. The van der Waals surface area contributed by atoms with Crippen LogP contribution in [0.25, 0.3) is 5.57 Å². The largest absolute Gasteiger partial charge is 0.383 e. The summed E-state index contributed by atoms with van der Waals surface area (Å²) < 4.78 is 5.66. The number of fused-ring (bicyclic) bond motifs is 1. The van der Waals surface area contributed by atoms with E-state index in [0.29, 0.717) is 25.3 Å². The fraction of sp³-hybridized carbons (Fsp3) is 0.609. The van der Waals surface area contributed by atoms with Crippen LogP contribution in [0.4, 0.5) is 11.4 Å². The number of hydrogen-bond acceptors (Lipinski definition) is 5. The maximum atomic E-state index is 13.6. The lowest BCUT2D eigenvalue weighted by Gasteiger charge is -2.38. The van der Waals surface area contributed by atoms with Gasteiger partial charge in [0.05, 0.1) is 30.2 Å². The number of rotatable bonds is 4. The molecule has 4 rings (SSSR count). The van der Waals surface area contributed by atoms with Crippen LogP contribution in [0, 0.1) is 0 Å². The molecule has 1 aromatic carbocycles. The van der Waals surface area contributed by atoms with Crippen molar-refractivity contribution in [1.82, 2.24) is 10.2 Å². The number of hydrogen-bond donors (Lipinski definition) is 2. The summed E-state index contributed by atoms with van der Waals surface area (Å²) in [7, 11) is 0. The molecule has 0 bridgehead atoms. The number of ether oxygens (including phenoxy) is 1. The number of morpholine rings is 1. The van der Waals surface area contributed by atoms with Gasteiger partial charge in [0.2, 0.25) is 0 Å². The molecule has 0 radical (unpaired) electrons. The highest BCUT2D eigenvalue weighted by atomic mass is 16.5. The summed E-state index contributed by atoms with van der Waals surface area (Å²) in [6.45, 7) is 12.7. The van der Waals surface area contributed by atoms with Crippen LogP contribution >= 0.6 is 0 Å². The summed E-state index contributed by atoms with van der Waals surface area (Å²) >= 11 is 0. The highest BCUT2D eigenvalue weighted by Gasteiger charge is 2.40. The minimum atomic E-state index is 0.123. The summed E-state index contributed by atoms with van der Waals surface area (Å²) in [5.41, 5.74) is 4.84. The summed E-state index contributed by atoms with van der Waals surface area (Å²) in [5.74, 6) is 0.123. The van der Waals surface area contributed by atoms with Crippen molar-refractivity contribution in [1.29, 1.82) is 0 Å². The number of piperidine rings is 1. The molecule has 2 N–H and O–H groups in total. The smallest absolute Gasteiger partial charge is 0.261 e. The molecule has 2 fully saturated rings. The Morgan fingerprint density at radius 3 is 2.55 bits per heavy atom. The maximum absolute atomic E-state index is 13.6. The van der Waals surface area contributed by atoms with E-state index >= 15 is 0 Å². The maximum Gasteiger partial charge on any atom is 0.261 e. The van der Waals surface area contributed by atoms with Crippen molar-refractivity contribution in [2.75, 3.05) is 43.1 Å². The van der Waals surface area contributed by atoms with E-state index in [9.17, 15) is 4.79 Å². The number of carbonyl (C=O) groups is 1. The first-order chi connectivity index (χ1) is 14.0. The molecule has 2 saturated heterocycles.